The molecule has 1 aliphatic carbocycles. The molecule has 4 heterocycles. The van der Waals surface area contributed by atoms with Crippen LogP contribution in [0.4, 0.5) is 0 Å². The fraction of sp³-hybridized carbons (Fsp3) is 0.400. The van der Waals surface area contributed by atoms with Crippen molar-refractivity contribution < 1.29 is 9.32 Å². The van der Waals surface area contributed by atoms with Crippen molar-refractivity contribution in [2.75, 3.05) is 13.1 Å². The van der Waals surface area contributed by atoms with E-state index in [1.165, 1.54) is 0 Å². The smallest absolute Gasteiger partial charge is 0.276 e. The molecule has 3 aromatic heterocycles. The van der Waals surface area contributed by atoms with Gasteiger partial charge in [0.05, 0.1) is 0 Å². The van der Waals surface area contributed by atoms with Crippen molar-refractivity contribution in [1.82, 2.24) is 20.0 Å². The van der Waals surface area contributed by atoms with Crippen LogP contribution in [0, 0.1) is 0 Å². The summed E-state index contributed by atoms with van der Waals surface area (Å²) in [6.45, 7) is 1.44. The molecule has 2 fully saturated rings. The molecule has 2 aliphatic rings. The summed E-state index contributed by atoms with van der Waals surface area (Å²) < 4.78 is 5.32. The molecule has 1 saturated carbocycles. The molecule has 0 aromatic carbocycles. The highest BCUT2D eigenvalue weighted by Crippen LogP contribution is 2.40. The molecule has 0 spiro atoms. The second kappa shape index (κ2) is 6.20. The fourth-order valence-corrected chi connectivity index (χ4v) is 3.69. The third-order valence-corrected chi connectivity index (χ3v) is 5.41. The molecule has 5 rings (SSSR count). The number of amides is 1. The van der Waals surface area contributed by atoms with Crippen molar-refractivity contribution in [3.05, 3.63) is 53.7 Å². The summed E-state index contributed by atoms with van der Waals surface area (Å²) in [7, 11) is 0. The Morgan fingerprint density at radius 2 is 1.92 bits per heavy atom. The molecule has 0 bridgehead atoms. The molecule has 6 heteroatoms. The summed E-state index contributed by atoms with van der Waals surface area (Å²) in [5, 5.41) is 5.03. The maximum absolute atomic E-state index is 12.7. The lowest BCUT2D eigenvalue weighted by Crippen LogP contribution is -2.38. The molecule has 1 aliphatic heterocycles. The number of pyridine rings is 2. The van der Waals surface area contributed by atoms with Gasteiger partial charge in [0.2, 0.25) is 0 Å². The van der Waals surface area contributed by atoms with Crippen LogP contribution in [-0.2, 0) is 0 Å². The molecule has 0 N–H and O–H groups in total. The van der Waals surface area contributed by atoms with Crippen LogP contribution in [0.5, 0.6) is 0 Å². The maximum Gasteiger partial charge on any atom is 0.276 e. The number of piperidine rings is 1. The van der Waals surface area contributed by atoms with Gasteiger partial charge in [-0.1, -0.05) is 5.16 Å². The van der Waals surface area contributed by atoms with E-state index in [1.54, 1.807) is 6.20 Å². The Morgan fingerprint density at radius 3 is 2.73 bits per heavy atom. The second-order valence-electron chi connectivity index (χ2n) is 7.24. The summed E-state index contributed by atoms with van der Waals surface area (Å²) in [5.41, 5.74) is 2.30. The SMILES string of the molecule is O=C(c1cc(C2CC2)on1)N1CCC(c2ccc3cccnc3n2)CC1. The van der Waals surface area contributed by atoms with Gasteiger partial charge in [-0.05, 0) is 49.9 Å². The summed E-state index contributed by atoms with van der Waals surface area (Å²) in [6, 6.07) is 9.94. The van der Waals surface area contributed by atoms with Crippen LogP contribution in [0.1, 0.15) is 59.5 Å². The van der Waals surface area contributed by atoms with E-state index >= 15 is 0 Å². The predicted octanol–water partition coefficient (Wildman–Crippen LogP) is 3.52. The average molecular weight is 348 g/mol. The normalized spacial score (nSPS) is 18.4. The Morgan fingerprint density at radius 1 is 1.08 bits per heavy atom. The molecule has 26 heavy (non-hydrogen) atoms. The van der Waals surface area contributed by atoms with Crippen LogP contribution in [0.15, 0.2) is 41.1 Å². The Kier molecular flexibility index (Phi) is 3.69. The first-order valence-corrected chi connectivity index (χ1v) is 9.25. The molecule has 3 aromatic rings. The molecule has 0 radical (unpaired) electrons. The van der Waals surface area contributed by atoms with Crippen LogP contribution in [0.2, 0.25) is 0 Å². The minimum Gasteiger partial charge on any atom is -0.360 e. The van der Waals surface area contributed by atoms with Gasteiger partial charge in [0, 0.05) is 48.3 Å². The number of hydrogen-bond donors (Lipinski definition) is 0. The largest absolute Gasteiger partial charge is 0.360 e. The zero-order valence-electron chi connectivity index (χ0n) is 14.5. The van der Waals surface area contributed by atoms with Crippen LogP contribution in [0.25, 0.3) is 11.0 Å². The maximum atomic E-state index is 12.7. The number of nitrogens with zero attached hydrogens (tertiary/aromatic N) is 4. The average Bonchev–Trinajstić information content (AvgIpc) is 3.44. The molecular weight excluding hydrogens is 328 g/mol. The van der Waals surface area contributed by atoms with Crippen molar-refractivity contribution in [2.24, 2.45) is 0 Å². The zero-order valence-corrected chi connectivity index (χ0v) is 14.5. The molecule has 0 unspecified atom stereocenters. The molecular formula is C20H20N4O2. The highest BCUT2D eigenvalue weighted by Gasteiger charge is 2.31. The molecule has 132 valence electrons. The lowest BCUT2D eigenvalue weighted by atomic mass is 9.92. The number of rotatable bonds is 3. The van der Waals surface area contributed by atoms with Crippen molar-refractivity contribution in [1.29, 1.82) is 0 Å². The van der Waals surface area contributed by atoms with Gasteiger partial charge in [-0.15, -0.1) is 0 Å². The van der Waals surface area contributed by atoms with E-state index in [9.17, 15) is 4.79 Å². The Labute approximate surface area is 151 Å². The minimum atomic E-state index is -0.0211. The zero-order chi connectivity index (χ0) is 17.5. The van der Waals surface area contributed by atoms with Crippen LogP contribution >= 0.6 is 0 Å². The standard InChI is InChI=1S/C20H20N4O2/c25-20(17-12-18(26-23-17)14-3-4-14)24-10-7-13(8-11-24)16-6-5-15-2-1-9-21-19(15)22-16/h1-2,5-6,9,12-14H,3-4,7-8,10-11H2. The van der Waals surface area contributed by atoms with Gasteiger partial charge in [-0.25, -0.2) is 9.97 Å². The topological polar surface area (TPSA) is 72.1 Å². The summed E-state index contributed by atoms with van der Waals surface area (Å²) in [5.74, 6) is 1.68. The Bertz CT molecular complexity index is 955. The van der Waals surface area contributed by atoms with E-state index < -0.39 is 0 Å². The van der Waals surface area contributed by atoms with Crippen molar-refractivity contribution in [3.8, 4) is 0 Å². The quantitative estimate of drug-likeness (QED) is 0.724. The number of likely N-dealkylation sites (tertiary alicyclic amines) is 1. The highest BCUT2D eigenvalue weighted by atomic mass is 16.5. The van der Waals surface area contributed by atoms with Gasteiger partial charge in [-0.3, -0.25) is 4.79 Å². The van der Waals surface area contributed by atoms with Gasteiger partial charge in [-0.2, -0.15) is 0 Å². The second-order valence-corrected chi connectivity index (χ2v) is 7.24. The van der Waals surface area contributed by atoms with Crippen molar-refractivity contribution in [3.63, 3.8) is 0 Å². The van der Waals surface area contributed by atoms with E-state index in [1.807, 2.05) is 23.1 Å². The van der Waals surface area contributed by atoms with Crippen LogP contribution in [-0.4, -0.2) is 39.0 Å². The van der Waals surface area contributed by atoms with Crippen LogP contribution < -0.4 is 0 Å². The van der Waals surface area contributed by atoms with Gasteiger partial charge >= 0.3 is 0 Å². The fourth-order valence-electron chi connectivity index (χ4n) is 3.69. The summed E-state index contributed by atoms with van der Waals surface area (Å²) in [6.07, 6.45) is 5.87. The number of fused-ring (bicyclic) bond motifs is 1. The molecule has 6 nitrogen and oxygen atoms in total. The van der Waals surface area contributed by atoms with Gasteiger partial charge in [0.1, 0.15) is 5.76 Å². The van der Waals surface area contributed by atoms with Crippen molar-refractivity contribution >= 4 is 16.9 Å². The van der Waals surface area contributed by atoms with E-state index in [0.29, 0.717) is 17.5 Å². The number of carbonyl (C=O) groups excluding carboxylic acids is 1. The number of hydrogen-bond acceptors (Lipinski definition) is 5. The first-order chi connectivity index (χ1) is 12.8. The monoisotopic (exact) mass is 348 g/mol. The van der Waals surface area contributed by atoms with E-state index in [4.69, 9.17) is 9.51 Å². The molecule has 1 amide bonds. The van der Waals surface area contributed by atoms with E-state index in [0.717, 1.165) is 61.3 Å². The summed E-state index contributed by atoms with van der Waals surface area (Å²) >= 11 is 0. The summed E-state index contributed by atoms with van der Waals surface area (Å²) in [4.78, 5) is 23.6. The molecule has 0 atom stereocenters. The first kappa shape index (κ1) is 15.5. The van der Waals surface area contributed by atoms with E-state index in [-0.39, 0.29) is 5.91 Å². The lowest BCUT2D eigenvalue weighted by Gasteiger charge is -2.31. The van der Waals surface area contributed by atoms with E-state index in [2.05, 4.69) is 22.3 Å². The predicted molar refractivity (Wildman–Crippen MR) is 95.9 cm³/mol. The number of carbonyl (C=O) groups is 1. The first-order valence-electron chi connectivity index (χ1n) is 9.25. The number of aromatic nitrogens is 3. The van der Waals surface area contributed by atoms with Gasteiger partial charge in [0.15, 0.2) is 11.3 Å². The Hall–Kier alpha value is -2.76. The van der Waals surface area contributed by atoms with Crippen LogP contribution in [0.3, 0.4) is 0 Å². The minimum absolute atomic E-state index is 0.0211. The van der Waals surface area contributed by atoms with Gasteiger partial charge in [0.25, 0.3) is 5.91 Å². The van der Waals surface area contributed by atoms with Gasteiger partial charge < -0.3 is 9.42 Å². The van der Waals surface area contributed by atoms with Crippen molar-refractivity contribution in [2.45, 2.75) is 37.5 Å². The third-order valence-electron chi connectivity index (χ3n) is 5.41. The molecule has 1 saturated heterocycles. The Balaban J connectivity index is 1.26. The highest BCUT2D eigenvalue weighted by molar-refractivity contribution is 5.92. The third kappa shape index (κ3) is 2.85. The lowest BCUT2D eigenvalue weighted by molar-refractivity contribution is 0.0701.